The fourth-order valence-corrected chi connectivity index (χ4v) is 3.45. The van der Waals surface area contributed by atoms with Crippen molar-refractivity contribution in [3.05, 3.63) is 46.3 Å². The van der Waals surface area contributed by atoms with Gasteiger partial charge in [0.15, 0.2) is 11.5 Å². The molecule has 3 aromatic rings. The topological polar surface area (TPSA) is 109 Å². The highest BCUT2D eigenvalue weighted by molar-refractivity contribution is 5.88. The van der Waals surface area contributed by atoms with Crippen LogP contribution in [0.4, 0.5) is 0 Å². The molecule has 28 heavy (non-hydrogen) atoms. The molecule has 146 valence electrons. The standard InChI is InChI=1S/C21H20O7/c1-21(2,25)17-6-11-4-10(5-16(26-3)20(11)28-17)13-9-27-15-8-12(22)7-14(23)18(15)19(13)24/h4-5,7-9,17,22-23,25H,6H2,1-3H3/t17-/m1/s1. The van der Waals surface area contributed by atoms with Gasteiger partial charge in [0, 0.05) is 24.1 Å². The van der Waals surface area contributed by atoms with Crippen LogP contribution in [0.2, 0.25) is 0 Å². The first kappa shape index (κ1) is 18.2. The third-order valence-electron chi connectivity index (χ3n) is 4.96. The van der Waals surface area contributed by atoms with Crippen LogP contribution in [0.1, 0.15) is 19.4 Å². The normalized spacial score (nSPS) is 16.1. The smallest absolute Gasteiger partial charge is 0.204 e. The maximum Gasteiger partial charge on any atom is 0.204 e. The Kier molecular flexibility index (Phi) is 4.01. The Morgan fingerprint density at radius 1 is 1.18 bits per heavy atom. The van der Waals surface area contributed by atoms with E-state index in [2.05, 4.69) is 0 Å². The van der Waals surface area contributed by atoms with E-state index in [0.717, 1.165) is 11.6 Å². The van der Waals surface area contributed by atoms with E-state index in [1.54, 1.807) is 26.0 Å². The molecule has 0 fully saturated rings. The number of phenols is 2. The molecule has 0 saturated heterocycles. The fourth-order valence-electron chi connectivity index (χ4n) is 3.45. The minimum absolute atomic E-state index is 0.0135. The number of rotatable bonds is 3. The zero-order chi connectivity index (χ0) is 20.2. The highest BCUT2D eigenvalue weighted by Crippen LogP contribution is 2.43. The first-order valence-electron chi connectivity index (χ1n) is 8.77. The van der Waals surface area contributed by atoms with Gasteiger partial charge in [0.25, 0.3) is 0 Å². The minimum Gasteiger partial charge on any atom is -0.508 e. The molecule has 0 amide bonds. The van der Waals surface area contributed by atoms with E-state index < -0.39 is 17.1 Å². The summed E-state index contributed by atoms with van der Waals surface area (Å²) in [5, 5.41) is 29.9. The van der Waals surface area contributed by atoms with Crippen LogP contribution in [0, 0.1) is 0 Å². The number of benzene rings is 2. The lowest BCUT2D eigenvalue weighted by molar-refractivity contribution is -0.0235. The number of phenolic OH excluding ortho intramolecular Hbond substituents is 2. The summed E-state index contributed by atoms with van der Waals surface area (Å²) in [6.07, 6.45) is 1.31. The van der Waals surface area contributed by atoms with Crippen LogP contribution in [0.5, 0.6) is 23.0 Å². The minimum atomic E-state index is -1.04. The molecule has 7 heteroatoms. The van der Waals surface area contributed by atoms with Crippen LogP contribution in [0.15, 0.2) is 39.7 Å². The Hall–Kier alpha value is -3.19. The molecule has 0 aliphatic carbocycles. The molecule has 0 unspecified atom stereocenters. The first-order valence-corrected chi connectivity index (χ1v) is 8.77. The monoisotopic (exact) mass is 384 g/mol. The van der Waals surface area contributed by atoms with E-state index in [4.69, 9.17) is 13.9 Å². The van der Waals surface area contributed by atoms with Gasteiger partial charge in [-0.25, -0.2) is 0 Å². The van der Waals surface area contributed by atoms with Gasteiger partial charge < -0.3 is 29.2 Å². The van der Waals surface area contributed by atoms with Gasteiger partial charge in [0.1, 0.15) is 34.8 Å². The van der Waals surface area contributed by atoms with E-state index >= 15 is 0 Å². The number of aromatic hydroxyl groups is 2. The zero-order valence-corrected chi connectivity index (χ0v) is 15.6. The second-order valence-corrected chi connectivity index (χ2v) is 7.45. The summed E-state index contributed by atoms with van der Waals surface area (Å²) < 4.78 is 16.8. The number of hydrogen-bond donors (Lipinski definition) is 3. The molecule has 1 aliphatic heterocycles. The van der Waals surface area contributed by atoms with Crippen molar-refractivity contribution in [3.8, 4) is 34.1 Å². The van der Waals surface area contributed by atoms with Gasteiger partial charge in [-0.1, -0.05) is 0 Å². The van der Waals surface area contributed by atoms with Crippen LogP contribution in [0.25, 0.3) is 22.1 Å². The highest BCUT2D eigenvalue weighted by Gasteiger charge is 2.36. The Morgan fingerprint density at radius 2 is 1.93 bits per heavy atom. The van der Waals surface area contributed by atoms with E-state index in [9.17, 15) is 20.1 Å². The van der Waals surface area contributed by atoms with Gasteiger partial charge in [-0.2, -0.15) is 0 Å². The van der Waals surface area contributed by atoms with Crippen molar-refractivity contribution in [1.82, 2.24) is 0 Å². The molecule has 0 saturated carbocycles. The van der Waals surface area contributed by atoms with E-state index in [1.165, 1.54) is 19.4 Å². The fraction of sp³-hybridized carbons (Fsp3) is 0.286. The van der Waals surface area contributed by atoms with Gasteiger partial charge in [-0.15, -0.1) is 0 Å². The van der Waals surface area contributed by atoms with E-state index in [1.807, 2.05) is 0 Å². The molecule has 0 radical (unpaired) electrons. The van der Waals surface area contributed by atoms with Crippen molar-refractivity contribution in [2.24, 2.45) is 0 Å². The summed E-state index contributed by atoms with van der Waals surface area (Å²) in [4.78, 5) is 13.0. The summed E-state index contributed by atoms with van der Waals surface area (Å²) in [6, 6.07) is 5.81. The van der Waals surface area contributed by atoms with Gasteiger partial charge in [-0.3, -0.25) is 4.79 Å². The van der Waals surface area contributed by atoms with E-state index in [0.29, 0.717) is 23.5 Å². The Morgan fingerprint density at radius 3 is 2.61 bits per heavy atom. The lowest BCUT2D eigenvalue weighted by atomic mass is 9.95. The number of methoxy groups -OCH3 is 1. The Balaban J connectivity index is 1.88. The van der Waals surface area contributed by atoms with Crippen molar-refractivity contribution >= 4 is 11.0 Å². The van der Waals surface area contributed by atoms with Crippen molar-refractivity contribution in [1.29, 1.82) is 0 Å². The summed E-state index contributed by atoms with van der Waals surface area (Å²) >= 11 is 0. The Bertz CT molecular complexity index is 1140. The molecule has 2 aromatic carbocycles. The third kappa shape index (κ3) is 2.84. The highest BCUT2D eigenvalue weighted by atomic mass is 16.5. The van der Waals surface area contributed by atoms with Crippen LogP contribution in [-0.4, -0.2) is 34.1 Å². The molecule has 2 heterocycles. The SMILES string of the molecule is COc1cc(-c2coc3cc(O)cc(O)c3c2=O)cc2c1O[C@@H](C(C)(C)O)C2. The lowest BCUT2D eigenvalue weighted by Crippen LogP contribution is -2.39. The largest absolute Gasteiger partial charge is 0.508 e. The third-order valence-corrected chi connectivity index (χ3v) is 4.96. The maximum atomic E-state index is 13.0. The molecule has 3 N–H and O–H groups in total. The first-order chi connectivity index (χ1) is 13.2. The summed E-state index contributed by atoms with van der Waals surface area (Å²) in [6.45, 7) is 3.35. The van der Waals surface area contributed by atoms with Gasteiger partial charge in [0.2, 0.25) is 5.43 Å². The van der Waals surface area contributed by atoms with Crippen LogP contribution in [0.3, 0.4) is 0 Å². The second-order valence-electron chi connectivity index (χ2n) is 7.45. The van der Waals surface area contributed by atoms with Crippen LogP contribution in [-0.2, 0) is 6.42 Å². The molecule has 1 aliphatic rings. The van der Waals surface area contributed by atoms with Crippen molar-refractivity contribution < 1.29 is 29.2 Å². The lowest BCUT2D eigenvalue weighted by Gasteiger charge is -2.24. The molecule has 0 bridgehead atoms. The molecule has 7 nitrogen and oxygen atoms in total. The zero-order valence-electron chi connectivity index (χ0n) is 15.6. The maximum absolute atomic E-state index is 13.0. The van der Waals surface area contributed by atoms with Gasteiger partial charge in [-0.05, 0) is 31.5 Å². The molecule has 1 atom stereocenters. The molecule has 1 aromatic heterocycles. The quantitative estimate of drug-likeness (QED) is 0.637. The van der Waals surface area contributed by atoms with Crippen LogP contribution < -0.4 is 14.9 Å². The number of aliphatic hydroxyl groups is 1. The van der Waals surface area contributed by atoms with E-state index in [-0.39, 0.29) is 28.0 Å². The predicted octanol–water partition coefficient (Wildman–Crippen LogP) is 2.95. The van der Waals surface area contributed by atoms with Crippen molar-refractivity contribution in [2.45, 2.75) is 32.0 Å². The van der Waals surface area contributed by atoms with Gasteiger partial charge >= 0.3 is 0 Å². The predicted molar refractivity (Wildman–Crippen MR) is 102 cm³/mol. The van der Waals surface area contributed by atoms with Crippen LogP contribution >= 0.6 is 0 Å². The van der Waals surface area contributed by atoms with Crippen molar-refractivity contribution in [3.63, 3.8) is 0 Å². The summed E-state index contributed by atoms with van der Waals surface area (Å²) in [5.41, 5.74) is 0.194. The molecular weight excluding hydrogens is 364 g/mol. The van der Waals surface area contributed by atoms with Crippen molar-refractivity contribution in [2.75, 3.05) is 7.11 Å². The molecular formula is C21H20O7. The summed E-state index contributed by atoms with van der Waals surface area (Å²) in [7, 11) is 1.50. The number of hydrogen-bond acceptors (Lipinski definition) is 7. The second kappa shape index (κ2) is 6.17. The molecule has 4 rings (SSSR count). The average molecular weight is 384 g/mol. The average Bonchev–Trinajstić information content (AvgIpc) is 3.05. The summed E-state index contributed by atoms with van der Waals surface area (Å²) in [5.74, 6) is 0.420. The number of ether oxygens (including phenoxy) is 2. The number of fused-ring (bicyclic) bond motifs is 2. The Labute approximate surface area is 160 Å². The molecule has 0 spiro atoms. The van der Waals surface area contributed by atoms with Gasteiger partial charge in [0.05, 0.1) is 18.3 Å².